The van der Waals surface area contributed by atoms with Crippen molar-refractivity contribution in [2.75, 3.05) is 0 Å². The summed E-state index contributed by atoms with van der Waals surface area (Å²) in [6.07, 6.45) is 2.26. The number of hydrogen-bond acceptors (Lipinski definition) is 5. The van der Waals surface area contributed by atoms with E-state index in [4.69, 9.17) is 16.0 Å². The van der Waals surface area contributed by atoms with Gasteiger partial charge in [-0.3, -0.25) is 14.9 Å². The number of ketones is 1. The van der Waals surface area contributed by atoms with E-state index in [-0.39, 0.29) is 33.4 Å². The van der Waals surface area contributed by atoms with Crippen molar-refractivity contribution in [3.05, 3.63) is 68.4 Å². The van der Waals surface area contributed by atoms with Crippen LogP contribution in [0.5, 0.6) is 5.75 Å². The van der Waals surface area contributed by atoms with Gasteiger partial charge in [-0.15, -0.1) is 0 Å². The van der Waals surface area contributed by atoms with Crippen LogP contribution in [-0.4, -0.2) is 15.8 Å². The number of phenolic OH excluding ortho intramolecular Hbond substituents is 1. The molecule has 3 rings (SSSR count). The lowest BCUT2D eigenvalue weighted by atomic mass is 9.98. The first-order chi connectivity index (χ1) is 12.4. The van der Waals surface area contributed by atoms with Gasteiger partial charge in [-0.2, -0.15) is 0 Å². The summed E-state index contributed by atoms with van der Waals surface area (Å²) < 4.78 is 5.81. The number of benzene rings is 2. The zero-order valence-electron chi connectivity index (χ0n) is 14.0. The monoisotopic (exact) mass is 373 g/mol. The molecule has 0 fully saturated rings. The van der Waals surface area contributed by atoms with Gasteiger partial charge in [0.1, 0.15) is 17.1 Å². The van der Waals surface area contributed by atoms with Gasteiger partial charge in [0.15, 0.2) is 5.78 Å². The largest absolute Gasteiger partial charge is 0.508 e. The highest BCUT2D eigenvalue weighted by Crippen LogP contribution is 2.34. The van der Waals surface area contributed by atoms with Crippen LogP contribution in [0.3, 0.4) is 0 Å². The van der Waals surface area contributed by atoms with Crippen LogP contribution in [0, 0.1) is 10.1 Å². The molecule has 26 heavy (non-hydrogen) atoms. The van der Waals surface area contributed by atoms with Gasteiger partial charge in [-0.25, -0.2) is 0 Å². The lowest BCUT2D eigenvalue weighted by molar-refractivity contribution is -0.384. The molecule has 0 radical (unpaired) electrons. The maximum Gasteiger partial charge on any atom is 0.270 e. The third-order valence-corrected chi connectivity index (χ3v) is 4.45. The minimum Gasteiger partial charge on any atom is -0.508 e. The van der Waals surface area contributed by atoms with Gasteiger partial charge in [0.25, 0.3) is 5.69 Å². The van der Waals surface area contributed by atoms with Gasteiger partial charge >= 0.3 is 0 Å². The number of aryl methyl sites for hydroxylation is 1. The van der Waals surface area contributed by atoms with Crippen LogP contribution in [-0.2, 0) is 6.42 Å². The second kappa shape index (κ2) is 7.17. The molecule has 0 aliphatic heterocycles. The minimum absolute atomic E-state index is 0.0505. The number of nitro groups is 1. The molecule has 0 bridgehead atoms. The maximum atomic E-state index is 13.1. The first-order valence-corrected chi connectivity index (χ1v) is 8.53. The summed E-state index contributed by atoms with van der Waals surface area (Å²) in [4.78, 5) is 23.7. The standard InChI is InChI=1S/C19H16ClNO5/c1-2-3-4-17-18(19(23)13-7-6-12(22)10-15(13)20)14-9-11(21(24)25)5-8-16(14)26-17/h5-10,22H,2-4H2,1H3. The van der Waals surface area contributed by atoms with Crippen LogP contribution in [0.1, 0.15) is 41.4 Å². The molecule has 7 heteroatoms. The van der Waals surface area contributed by atoms with E-state index in [9.17, 15) is 20.0 Å². The molecule has 0 aliphatic rings. The van der Waals surface area contributed by atoms with Gasteiger partial charge in [0, 0.05) is 29.5 Å². The van der Waals surface area contributed by atoms with Crippen molar-refractivity contribution in [2.24, 2.45) is 0 Å². The van der Waals surface area contributed by atoms with E-state index < -0.39 is 4.92 Å². The Bertz CT molecular complexity index is 1010. The zero-order valence-corrected chi connectivity index (χ0v) is 14.7. The second-order valence-electron chi connectivity index (χ2n) is 5.93. The quantitative estimate of drug-likeness (QED) is 0.360. The Morgan fingerprint density at radius 2 is 2.04 bits per heavy atom. The Balaban J connectivity index is 2.21. The fraction of sp³-hybridized carbons (Fsp3) is 0.211. The minimum atomic E-state index is -0.514. The summed E-state index contributed by atoms with van der Waals surface area (Å²) in [6.45, 7) is 2.02. The number of carbonyl (C=O) groups is 1. The number of aromatic hydroxyl groups is 1. The Hall–Kier alpha value is -2.86. The molecule has 0 unspecified atom stereocenters. The number of phenols is 1. The van der Waals surface area contributed by atoms with E-state index >= 15 is 0 Å². The third-order valence-electron chi connectivity index (χ3n) is 4.14. The fourth-order valence-electron chi connectivity index (χ4n) is 2.84. The third kappa shape index (κ3) is 3.28. The molecule has 0 amide bonds. The first kappa shape index (κ1) is 17.9. The van der Waals surface area contributed by atoms with Crippen LogP contribution in [0.15, 0.2) is 40.8 Å². The Kier molecular flexibility index (Phi) is 4.95. The highest BCUT2D eigenvalue weighted by molar-refractivity contribution is 6.35. The first-order valence-electron chi connectivity index (χ1n) is 8.15. The summed E-state index contributed by atoms with van der Waals surface area (Å²) in [5.74, 6) is 0.0438. The zero-order chi connectivity index (χ0) is 18.8. The average Bonchev–Trinajstić information content (AvgIpc) is 2.96. The van der Waals surface area contributed by atoms with E-state index in [0.29, 0.717) is 23.2 Å². The normalized spacial score (nSPS) is 11.0. The van der Waals surface area contributed by atoms with Crippen LogP contribution in [0.4, 0.5) is 5.69 Å². The van der Waals surface area contributed by atoms with Gasteiger partial charge in [0.05, 0.1) is 15.5 Å². The molecule has 134 valence electrons. The molecule has 3 aromatic rings. The molecule has 0 saturated carbocycles. The van der Waals surface area contributed by atoms with E-state index in [0.717, 1.165) is 12.8 Å². The van der Waals surface area contributed by atoms with Crippen LogP contribution < -0.4 is 0 Å². The number of fused-ring (bicyclic) bond motifs is 1. The molecular weight excluding hydrogens is 358 g/mol. The molecule has 1 N–H and O–H groups in total. The van der Waals surface area contributed by atoms with E-state index in [1.165, 1.54) is 36.4 Å². The smallest absolute Gasteiger partial charge is 0.270 e. The average molecular weight is 374 g/mol. The highest BCUT2D eigenvalue weighted by atomic mass is 35.5. The topological polar surface area (TPSA) is 93.6 Å². The number of nitrogens with zero attached hydrogens (tertiary/aromatic N) is 1. The van der Waals surface area contributed by atoms with Crippen molar-refractivity contribution >= 4 is 34.0 Å². The summed E-state index contributed by atoms with van der Waals surface area (Å²) in [5, 5.41) is 21.1. The van der Waals surface area contributed by atoms with Gasteiger partial charge in [-0.05, 0) is 30.7 Å². The number of furan rings is 1. The summed E-state index contributed by atoms with van der Waals surface area (Å²) in [5.41, 5.74) is 0.785. The number of carbonyl (C=O) groups excluding carboxylic acids is 1. The Labute approximate surface area is 154 Å². The molecular formula is C19H16ClNO5. The predicted octanol–water partition coefficient (Wildman–Crippen LogP) is 5.27. The summed E-state index contributed by atoms with van der Waals surface area (Å²) in [7, 11) is 0. The molecule has 1 heterocycles. The van der Waals surface area contributed by atoms with Gasteiger partial charge in [0.2, 0.25) is 0 Å². The van der Waals surface area contributed by atoms with Crippen LogP contribution in [0.2, 0.25) is 5.02 Å². The SMILES string of the molecule is CCCCc1oc2ccc([N+](=O)[O-])cc2c1C(=O)c1ccc(O)cc1Cl. The van der Waals surface area contributed by atoms with Gasteiger partial charge < -0.3 is 9.52 Å². The van der Waals surface area contributed by atoms with Gasteiger partial charge in [-0.1, -0.05) is 24.9 Å². The van der Waals surface area contributed by atoms with E-state index in [2.05, 4.69) is 0 Å². The van der Waals surface area contributed by atoms with Crippen molar-refractivity contribution in [1.29, 1.82) is 0 Å². The number of halogens is 1. The molecule has 2 aromatic carbocycles. The second-order valence-corrected chi connectivity index (χ2v) is 6.34. The van der Waals surface area contributed by atoms with Crippen LogP contribution in [0.25, 0.3) is 11.0 Å². The molecule has 0 atom stereocenters. The fourth-order valence-corrected chi connectivity index (χ4v) is 3.10. The molecule has 0 spiro atoms. The Morgan fingerprint density at radius 3 is 2.69 bits per heavy atom. The lowest BCUT2D eigenvalue weighted by Crippen LogP contribution is -2.05. The lowest BCUT2D eigenvalue weighted by Gasteiger charge is -2.05. The van der Waals surface area contributed by atoms with E-state index in [1.807, 2.05) is 6.92 Å². The summed E-state index contributed by atoms with van der Waals surface area (Å²) in [6, 6.07) is 8.27. The van der Waals surface area contributed by atoms with Crippen molar-refractivity contribution in [3.8, 4) is 5.75 Å². The van der Waals surface area contributed by atoms with Crippen LogP contribution >= 0.6 is 11.6 Å². The van der Waals surface area contributed by atoms with Crippen molar-refractivity contribution < 1.29 is 19.2 Å². The van der Waals surface area contributed by atoms with Crippen molar-refractivity contribution in [2.45, 2.75) is 26.2 Å². The maximum absolute atomic E-state index is 13.1. The number of nitro benzene ring substituents is 1. The number of unbranched alkanes of at least 4 members (excludes halogenated alkanes) is 1. The number of non-ortho nitro benzene ring substituents is 1. The molecule has 1 aromatic heterocycles. The number of rotatable bonds is 6. The van der Waals surface area contributed by atoms with Crippen molar-refractivity contribution in [1.82, 2.24) is 0 Å². The molecule has 6 nitrogen and oxygen atoms in total. The number of hydrogen-bond donors (Lipinski definition) is 1. The Morgan fingerprint density at radius 1 is 1.27 bits per heavy atom. The van der Waals surface area contributed by atoms with Crippen molar-refractivity contribution in [3.63, 3.8) is 0 Å². The molecule has 0 aliphatic carbocycles. The molecule has 0 saturated heterocycles. The highest BCUT2D eigenvalue weighted by Gasteiger charge is 2.25. The summed E-state index contributed by atoms with van der Waals surface area (Å²) >= 11 is 6.11. The van der Waals surface area contributed by atoms with E-state index in [1.54, 1.807) is 0 Å². The predicted molar refractivity (Wildman–Crippen MR) is 98.0 cm³/mol.